The Morgan fingerprint density at radius 1 is 1.21 bits per heavy atom. The number of phenols is 1. The van der Waals surface area contributed by atoms with Crippen molar-refractivity contribution < 1.29 is 9.90 Å². The normalized spacial score (nSPS) is 10.3. The van der Waals surface area contributed by atoms with Gasteiger partial charge in [-0.1, -0.05) is 22.0 Å². The third kappa shape index (κ3) is 3.70. The number of carbonyl (C=O) groups excluding carboxylic acids is 1. The van der Waals surface area contributed by atoms with Crippen LogP contribution in [0.2, 0.25) is 0 Å². The van der Waals surface area contributed by atoms with Crippen molar-refractivity contribution in [2.45, 2.75) is 0 Å². The van der Waals surface area contributed by atoms with Gasteiger partial charge in [-0.25, -0.2) is 0 Å². The molecular weight excluding hydrogens is 489 g/mol. The van der Waals surface area contributed by atoms with Crippen LogP contribution in [0.1, 0.15) is 10.4 Å². The zero-order chi connectivity index (χ0) is 14.0. The number of nitrogens with one attached hydrogen (secondary N) is 1. The number of anilines is 1. The Bertz CT molecular complexity index is 647. The molecule has 0 aliphatic heterocycles. The quantitative estimate of drug-likeness (QED) is 0.588. The van der Waals surface area contributed by atoms with E-state index in [1.807, 2.05) is 18.2 Å². The molecule has 0 spiro atoms. The van der Waals surface area contributed by atoms with Gasteiger partial charge in [-0.3, -0.25) is 4.79 Å². The molecule has 0 saturated heterocycles. The second-order valence-electron chi connectivity index (χ2n) is 3.75. The molecule has 2 aromatic carbocycles. The maximum absolute atomic E-state index is 12.1. The van der Waals surface area contributed by atoms with Crippen LogP contribution in [0.4, 0.5) is 5.69 Å². The highest BCUT2D eigenvalue weighted by Crippen LogP contribution is 2.32. The maximum Gasteiger partial charge on any atom is 0.259 e. The molecule has 2 aromatic rings. The summed E-state index contributed by atoms with van der Waals surface area (Å²) >= 11 is 8.66. The average Bonchev–Trinajstić information content (AvgIpc) is 2.33. The molecule has 0 bridgehead atoms. The van der Waals surface area contributed by atoms with E-state index in [0.29, 0.717) is 14.6 Å². The third-order valence-electron chi connectivity index (χ3n) is 2.36. The summed E-state index contributed by atoms with van der Waals surface area (Å²) in [6.07, 6.45) is 0. The van der Waals surface area contributed by atoms with Gasteiger partial charge in [-0.2, -0.15) is 0 Å². The number of hydrogen-bond donors (Lipinski definition) is 2. The molecule has 98 valence electrons. The molecule has 6 heteroatoms. The third-order valence-corrected chi connectivity index (χ3v) is 4.09. The predicted molar refractivity (Wildman–Crippen MR) is 90.6 cm³/mol. The Morgan fingerprint density at radius 2 is 1.95 bits per heavy atom. The zero-order valence-corrected chi connectivity index (χ0v) is 14.8. The van der Waals surface area contributed by atoms with Gasteiger partial charge < -0.3 is 10.4 Å². The Balaban J connectivity index is 2.30. The monoisotopic (exact) mass is 495 g/mol. The highest BCUT2D eigenvalue weighted by Gasteiger charge is 2.15. The largest absolute Gasteiger partial charge is 0.506 e. The van der Waals surface area contributed by atoms with Gasteiger partial charge in [-0.05, 0) is 68.9 Å². The molecule has 2 N–H and O–H groups in total. The van der Waals surface area contributed by atoms with Crippen molar-refractivity contribution in [2.75, 3.05) is 5.32 Å². The lowest BCUT2D eigenvalue weighted by Gasteiger charge is -2.09. The minimum absolute atomic E-state index is 0.0775. The molecule has 0 aliphatic rings. The van der Waals surface area contributed by atoms with Crippen LogP contribution in [0, 0.1) is 3.57 Å². The molecule has 0 heterocycles. The molecule has 3 nitrogen and oxygen atoms in total. The van der Waals surface area contributed by atoms with E-state index in [1.165, 1.54) is 0 Å². The maximum atomic E-state index is 12.1. The van der Waals surface area contributed by atoms with Gasteiger partial charge in [0.2, 0.25) is 0 Å². The fraction of sp³-hybridized carbons (Fsp3) is 0. The SMILES string of the molecule is O=C(Nc1cccc(I)c1)c1cc(Br)cc(Br)c1O. The van der Waals surface area contributed by atoms with Crippen LogP contribution >= 0.6 is 54.5 Å². The molecule has 19 heavy (non-hydrogen) atoms. The number of hydrogen-bond acceptors (Lipinski definition) is 2. The Labute approximate surface area is 140 Å². The molecular formula is C13H8Br2INO2. The van der Waals surface area contributed by atoms with Gasteiger partial charge in [0.25, 0.3) is 5.91 Å². The van der Waals surface area contributed by atoms with Gasteiger partial charge in [0.15, 0.2) is 0 Å². The Hall–Kier alpha value is -0.600. The van der Waals surface area contributed by atoms with Crippen LogP contribution < -0.4 is 5.32 Å². The Morgan fingerprint density at radius 3 is 2.63 bits per heavy atom. The first kappa shape index (κ1) is 14.8. The first-order chi connectivity index (χ1) is 8.97. The van der Waals surface area contributed by atoms with Gasteiger partial charge in [0.1, 0.15) is 5.75 Å². The summed E-state index contributed by atoms with van der Waals surface area (Å²) in [6, 6.07) is 10.7. The van der Waals surface area contributed by atoms with E-state index < -0.39 is 0 Å². The number of rotatable bonds is 2. The summed E-state index contributed by atoms with van der Waals surface area (Å²) in [5, 5.41) is 12.6. The molecule has 0 aliphatic carbocycles. The fourth-order valence-corrected chi connectivity index (χ4v) is 3.27. The number of aromatic hydroxyl groups is 1. The molecule has 0 saturated carbocycles. The van der Waals surface area contributed by atoms with E-state index >= 15 is 0 Å². The van der Waals surface area contributed by atoms with E-state index in [2.05, 4.69) is 59.8 Å². The molecule has 1 amide bonds. The van der Waals surface area contributed by atoms with E-state index in [-0.39, 0.29) is 17.2 Å². The Kier molecular flexibility index (Phi) is 4.86. The van der Waals surface area contributed by atoms with Gasteiger partial charge in [-0.15, -0.1) is 0 Å². The van der Waals surface area contributed by atoms with E-state index in [0.717, 1.165) is 3.57 Å². The van der Waals surface area contributed by atoms with Gasteiger partial charge in [0, 0.05) is 13.7 Å². The first-order valence-electron chi connectivity index (χ1n) is 5.22. The molecule has 0 aromatic heterocycles. The zero-order valence-electron chi connectivity index (χ0n) is 9.45. The lowest BCUT2D eigenvalue weighted by Crippen LogP contribution is -2.12. The summed E-state index contributed by atoms with van der Waals surface area (Å²) in [5.74, 6) is -0.437. The molecule has 0 fully saturated rings. The highest BCUT2D eigenvalue weighted by atomic mass is 127. The highest BCUT2D eigenvalue weighted by molar-refractivity contribution is 14.1. The second kappa shape index (κ2) is 6.23. The van der Waals surface area contributed by atoms with Crippen LogP contribution in [0.15, 0.2) is 45.3 Å². The summed E-state index contributed by atoms with van der Waals surface area (Å²) < 4.78 is 2.20. The minimum atomic E-state index is -0.360. The molecule has 0 radical (unpaired) electrons. The molecule has 0 unspecified atom stereocenters. The smallest absolute Gasteiger partial charge is 0.259 e. The van der Waals surface area contributed by atoms with Crippen molar-refractivity contribution in [2.24, 2.45) is 0 Å². The predicted octanol–water partition coefficient (Wildman–Crippen LogP) is 4.77. The van der Waals surface area contributed by atoms with Crippen molar-refractivity contribution in [1.82, 2.24) is 0 Å². The van der Waals surface area contributed by atoms with E-state index in [4.69, 9.17) is 0 Å². The number of phenolic OH excluding ortho intramolecular Hbond substituents is 1. The number of benzene rings is 2. The number of halogens is 3. The van der Waals surface area contributed by atoms with E-state index in [9.17, 15) is 9.90 Å². The van der Waals surface area contributed by atoms with Crippen LogP contribution in [-0.4, -0.2) is 11.0 Å². The second-order valence-corrected chi connectivity index (χ2v) is 6.76. The van der Waals surface area contributed by atoms with Crippen LogP contribution in [-0.2, 0) is 0 Å². The average molecular weight is 497 g/mol. The summed E-state index contributed by atoms with van der Waals surface area (Å²) in [5.41, 5.74) is 0.896. The van der Waals surface area contributed by atoms with Crippen LogP contribution in [0.25, 0.3) is 0 Å². The summed E-state index contributed by atoms with van der Waals surface area (Å²) in [7, 11) is 0. The van der Waals surface area contributed by atoms with Crippen molar-refractivity contribution >= 4 is 66.0 Å². The van der Waals surface area contributed by atoms with Crippen molar-refractivity contribution in [3.05, 3.63) is 54.5 Å². The van der Waals surface area contributed by atoms with Crippen molar-refractivity contribution in [3.8, 4) is 5.75 Å². The van der Waals surface area contributed by atoms with E-state index in [1.54, 1.807) is 18.2 Å². The van der Waals surface area contributed by atoms with Crippen LogP contribution in [0.3, 0.4) is 0 Å². The topological polar surface area (TPSA) is 49.3 Å². The minimum Gasteiger partial charge on any atom is -0.506 e. The lowest BCUT2D eigenvalue weighted by atomic mass is 10.2. The van der Waals surface area contributed by atoms with Gasteiger partial charge in [0.05, 0.1) is 10.0 Å². The van der Waals surface area contributed by atoms with Crippen molar-refractivity contribution in [1.29, 1.82) is 0 Å². The van der Waals surface area contributed by atoms with Crippen LogP contribution in [0.5, 0.6) is 5.75 Å². The molecule has 0 atom stereocenters. The lowest BCUT2D eigenvalue weighted by molar-refractivity contribution is 0.102. The van der Waals surface area contributed by atoms with Crippen molar-refractivity contribution in [3.63, 3.8) is 0 Å². The standard InChI is InChI=1S/C13H8Br2INO2/c14-7-4-10(12(18)11(15)5-7)13(19)17-9-3-1-2-8(16)6-9/h1-6,18H,(H,17,19). The summed E-state index contributed by atoms with van der Waals surface area (Å²) in [6.45, 7) is 0. The first-order valence-corrected chi connectivity index (χ1v) is 7.89. The summed E-state index contributed by atoms with van der Waals surface area (Å²) in [4.78, 5) is 12.1. The molecule has 2 rings (SSSR count). The van der Waals surface area contributed by atoms with Gasteiger partial charge >= 0.3 is 0 Å². The fourth-order valence-electron chi connectivity index (χ4n) is 1.50. The number of amides is 1. The number of carbonyl (C=O) groups is 1.